The van der Waals surface area contributed by atoms with Crippen LogP contribution < -0.4 is 0 Å². The number of esters is 2. The van der Waals surface area contributed by atoms with Crippen molar-refractivity contribution in [2.45, 2.75) is 61.2 Å². The van der Waals surface area contributed by atoms with Crippen molar-refractivity contribution in [3.05, 3.63) is 0 Å². The molecule has 0 atom stereocenters. The second kappa shape index (κ2) is 13.5. The Morgan fingerprint density at radius 3 is 1.60 bits per heavy atom. The van der Waals surface area contributed by atoms with Crippen LogP contribution in [0.1, 0.15) is 52.4 Å². The maximum absolute atomic E-state index is 11.8. The Hall–Kier alpha value is -0.461. The van der Waals surface area contributed by atoms with Crippen LogP contribution in [0.2, 0.25) is 8.87 Å². The van der Waals surface area contributed by atoms with E-state index in [0.29, 0.717) is 22.1 Å². The monoisotopic (exact) mass is 394 g/mol. The molecule has 0 heterocycles. The van der Waals surface area contributed by atoms with E-state index in [0.717, 1.165) is 25.7 Å². The zero-order valence-electron chi connectivity index (χ0n) is 12.6. The van der Waals surface area contributed by atoms with Gasteiger partial charge in [0, 0.05) is 0 Å². The summed E-state index contributed by atoms with van der Waals surface area (Å²) in [7, 11) is 0. The fourth-order valence-electron chi connectivity index (χ4n) is 1.41. The van der Waals surface area contributed by atoms with Gasteiger partial charge in [0.15, 0.2) is 0 Å². The van der Waals surface area contributed by atoms with Gasteiger partial charge in [0.2, 0.25) is 0 Å². The van der Waals surface area contributed by atoms with Crippen LogP contribution in [-0.4, -0.2) is 44.9 Å². The van der Waals surface area contributed by atoms with Gasteiger partial charge in [-0.3, -0.25) is 0 Å². The quantitative estimate of drug-likeness (QED) is 0.290. The molecule has 0 N–H and O–H groups in total. The summed E-state index contributed by atoms with van der Waals surface area (Å²) in [4.78, 5) is 22.6. The fraction of sp³-hybridized carbons (Fsp3) is 0.857. The minimum absolute atomic E-state index is 0.215. The zero-order valence-corrected chi connectivity index (χ0v) is 15.5. The van der Waals surface area contributed by atoms with Crippen LogP contribution in [-0.2, 0) is 22.1 Å². The van der Waals surface area contributed by atoms with Gasteiger partial charge >= 0.3 is 128 Å². The zero-order chi connectivity index (χ0) is 15.2. The fourth-order valence-corrected chi connectivity index (χ4v) is 4.88. The van der Waals surface area contributed by atoms with Crippen molar-refractivity contribution >= 4 is 31.7 Å². The van der Waals surface area contributed by atoms with Crippen LogP contribution in [0.15, 0.2) is 0 Å². The van der Waals surface area contributed by atoms with Crippen molar-refractivity contribution < 1.29 is 22.1 Å². The van der Waals surface area contributed by atoms with Gasteiger partial charge in [0.05, 0.1) is 0 Å². The molecular weight excluding hydrogens is 367 g/mol. The number of hydrogen-bond donors (Lipinski definition) is 0. The summed E-state index contributed by atoms with van der Waals surface area (Å²) in [6, 6.07) is 0. The molecule has 20 heavy (non-hydrogen) atoms. The summed E-state index contributed by atoms with van der Waals surface area (Å²) in [5, 5.41) is 0. The van der Waals surface area contributed by atoms with Gasteiger partial charge in [-0.15, -0.1) is 0 Å². The number of carbonyl (C=O) groups is 2. The van der Waals surface area contributed by atoms with E-state index in [1.807, 2.05) is 13.8 Å². The first kappa shape index (κ1) is 19.5. The molecule has 0 aromatic heterocycles. The van der Waals surface area contributed by atoms with E-state index >= 15 is 0 Å². The molecule has 116 valence electrons. The minimum atomic E-state index is -2.81. The van der Waals surface area contributed by atoms with Gasteiger partial charge in [-0.25, -0.2) is 0 Å². The topological polar surface area (TPSA) is 69.7 Å². The Labute approximate surface area is 128 Å². The molecule has 0 amide bonds. The molecule has 0 aromatic rings. The van der Waals surface area contributed by atoms with Gasteiger partial charge in [-0.05, 0) is 0 Å². The third-order valence-electron chi connectivity index (χ3n) is 2.74. The van der Waals surface area contributed by atoms with Gasteiger partial charge in [-0.2, -0.15) is 0 Å². The molecule has 0 radical (unpaired) electrons. The average Bonchev–Trinajstić information content (AvgIpc) is 2.43. The van der Waals surface area contributed by atoms with Crippen LogP contribution in [0.3, 0.4) is 0 Å². The van der Waals surface area contributed by atoms with Crippen molar-refractivity contribution in [3.8, 4) is 0 Å². The Kier molecular flexibility index (Phi) is 13.2. The predicted octanol–water partition coefficient (Wildman–Crippen LogP) is 2.88. The van der Waals surface area contributed by atoms with Gasteiger partial charge in [0.1, 0.15) is 0 Å². The van der Waals surface area contributed by atoms with Crippen molar-refractivity contribution in [1.29, 1.82) is 0 Å². The molecule has 5 nitrogen and oxygen atoms in total. The van der Waals surface area contributed by atoms with Crippen molar-refractivity contribution in [3.63, 3.8) is 0 Å². The van der Waals surface area contributed by atoms with Crippen molar-refractivity contribution in [2.75, 3.05) is 13.2 Å². The first-order chi connectivity index (χ1) is 9.60. The molecular formula is C14H26O5Sn. The van der Waals surface area contributed by atoms with E-state index in [4.69, 9.17) is 9.47 Å². The molecule has 0 saturated carbocycles. The maximum atomic E-state index is 11.8. The van der Waals surface area contributed by atoms with Crippen LogP contribution in [0.5, 0.6) is 0 Å². The standard InChI is InChI=1S/2C7H13O2.O.Sn/c2*1-3-5-6-9-7(8)4-2;;/h2*2-6H2,1H3;;. The van der Waals surface area contributed by atoms with E-state index in [2.05, 4.69) is 0 Å². The Balaban J connectivity index is 3.57. The Morgan fingerprint density at radius 2 is 1.25 bits per heavy atom. The number of hydrogen-bond acceptors (Lipinski definition) is 5. The van der Waals surface area contributed by atoms with E-state index in [1.165, 1.54) is 0 Å². The van der Waals surface area contributed by atoms with Crippen LogP contribution >= 0.6 is 0 Å². The molecule has 0 aliphatic rings. The molecule has 0 aliphatic carbocycles. The third kappa shape index (κ3) is 12.6. The Bertz CT molecular complexity index is 276. The molecule has 0 spiro atoms. The molecule has 0 unspecified atom stereocenters. The SMILES string of the molecule is CCCCOC(=O)C[CH2][Sn](=[O])[CH2]CC(=O)OCCCC. The molecule has 0 bridgehead atoms. The van der Waals surface area contributed by atoms with Gasteiger partial charge < -0.3 is 0 Å². The molecule has 0 aromatic carbocycles. The molecule has 0 fully saturated rings. The number of ether oxygens (including phenoxy) is 2. The normalized spacial score (nSPS) is 10.1. The number of rotatable bonds is 12. The van der Waals surface area contributed by atoms with E-state index in [9.17, 15) is 12.7 Å². The average molecular weight is 393 g/mol. The summed E-state index contributed by atoms with van der Waals surface area (Å²) in [5.74, 6) is -0.559. The predicted molar refractivity (Wildman–Crippen MR) is 77.0 cm³/mol. The summed E-state index contributed by atoms with van der Waals surface area (Å²) < 4.78 is 22.6. The van der Waals surface area contributed by atoms with E-state index < -0.39 is 19.7 Å². The second-order valence-electron chi connectivity index (χ2n) is 4.69. The third-order valence-corrected chi connectivity index (χ3v) is 7.35. The van der Waals surface area contributed by atoms with Crippen LogP contribution in [0.25, 0.3) is 0 Å². The van der Waals surface area contributed by atoms with E-state index in [1.54, 1.807) is 0 Å². The summed E-state index contributed by atoms with van der Waals surface area (Å²) in [5.41, 5.74) is 0. The van der Waals surface area contributed by atoms with Crippen LogP contribution in [0.4, 0.5) is 0 Å². The molecule has 0 aliphatic heterocycles. The molecule has 0 saturated heterocycles. The van der Waals surface area contributed by atoms with Crippen molar-refractivity contribution in [1.82, 2.24) is 0 Å². The first-order valence-electron chi connectivity index (χ1n) is 7.43. The summed E-state index contributed by atoms with van der Waals surface area (Å²) in [6.07, 6.45) is 4.11. The number of unbranched alkanes of at least 4 members (excludes halogenated alkanes) is 2. The Morgan fingerprint density at radius 1 is 0.850 bits per heavy atom. The summed E-state index contributed by atoms with van der Waals surface area (Å²) >= 11 is -2.81. The molecule has 0 rings (SSSR count). The second-order valence-corrected chi connectivity index (χ2v) is 10.6. The van der Waals surface area contributed by atoms with Crippen molar-refractivity contribution in [2.24, 2.45) is 0 Å². The first-order valence-corrected chi connectivity index (χ1v) is 12.6. The van der Waals surface area contributed by atoms with Crippen LogP contribution in [0, 0.1) is 0 Å². The molecule has 6 heteroatoms. The summed E-state index contributed by atoms with van der Waals surface area (Å²) in [6.45, 7) is 4.93. The van der Waals surface area contributed by atoms with Gasteiger partial charge in [-0.1, -0.05) is 0 Å². The van der Waals surface area contributed by atoms with E-state index in [-0.39, 0.29) is 24.8 Å². The van der Waals surface area contributed by atoms with Gasteiger partial charge in [0.25, 0.3) is 0 Å². The number of carbonyl (C=O) groups excluding carboxylic acids is 2.